The Hall–Kier alpha value is -2.79. The van der Waals surface area contributed by atoms with Crippen molar-refractivity contribution in [3.63, 3.8) is 0 Å². The van der Waals surface area contributed by atoms with E-state index in [-0.39, 0.29) is 5.75 Å². The van der Waals surface area contributed by atoms with Crippen LogP contribution in [0.3, 0.4) is 0 Å². The average molecular weight is 447 g/mol. The van der Waals surface area contributed by atoms with Crippen molar-refractivity contribution in [2.75, 3.05) is 0 Å². The van der Waals surface area contributed by atoms with Crippen molar-refractivity contribution in [2.24, 2.45) is 5.92 Å². The van der Waals surface area contributed by atoms with Gasteiger partial charge in [0.05, 0.1) is 5.92 Å². The van der Waals surface area contributed by atoms with Gasteiger partial charge in [0.15, 0.2) is 5.92 Å². The summed E-state index contributed by atoms with van der Waals surface area (Å²) in [5.41, 5.74) is 3.04. The van der Waals surface area contributed by atoms with E-state index in [0.717, 1.165) is 0 Å². The van der Waals surface area contributed by atoms with Gasteiger partial charge >= 0.3 is 18.1 Å². The predicted octanol–water partition coefficient (Wildman–Crippen LogP) is 4.42. The molecule has 1 aliphatic heterocycles. The minimum Gasteiger partial charge on any atom is -0.428 e. The quantitative estimate of drug-likeness (QED) is 0.223. The van der Waals surface area contributed by atoms with Crippen molar-refractivity contribution in [3.05, 3.63) is 29.8 Å². The maximum Gasteiger partial charge on any atom is 0.514 e. The third-order valence-electron chi connectivity index (χ3n) is 3.94. The summed E-state index contributed by atoms with van der Waals surface area (Å²) in [7, 11) is -1.83. The molecular formula is C23H30O7Si. The van der Waals surface area contributed by atoms with Crippen LogP contribution in [0.1, 0.15) is 46.1 Å². The number of carbonyl (C=O) groups is 3. The van der Waals surface area contributed by atoms with Gasteiger partial charge in [0.1, 0.15) is 19.4 Å². The fourth-order valence-corrected chi connectivity index (χ4v) is 3.38. The van der Waals surface area contributed by atoms with Crippen molar-refractivity contribution in [1.82, 2.24) is 0 Å². The molecule has 0 radical (unpaired) electrons. The lowest BCUT2D eigenvalue weighted by Crippen LogP contribution is -2.48. The van der Waals surface area contributed by atoms with Crippen LogP contribution in [0.2, 0.25) is 19.6 Å². The highest BCUT2D eigenvalue weighted by Gasteiger charge is 2.47. The first-order valence-corrected chi connectivity index (χ1v) is 13.6. The lowest BCUT2D eigenvalue weighted by molar-refractivity contribution is -0.240. The second-order valence-electron chi connectivity index (χ2n) is 9.86. The van der Waals surface area contributed by atoms with E-state index in [1.807, 2.05) is 0 Å². The van der Waals surface area contributed by atoms with Crippen LogP contribution in [-0.2, 0) is 23.8 Å². The molecule has 8 heteroatoms. The highest BCUT2D eigenvalue weighted by Crippen LogP contribution is 2.34. The molecule has 0 aliphatic carbocycles. The van der Waals surface area contributed by atoms with E-state index in [2.05, 4.69) is 31.1 Å². The second-order valence-corrected chi connectivity index (χ2v) is 14.6. The van der Waals surface area contributed by atoms with Gasteiger partial charge in [-0.15, -0.1) is 11.5 Å². The maximum absolute atomic E-state index is 12.7. The number of esters is 2. The second kappa shape index (κ2) is 8.75. The molecule has 1 atom stereocenters. The first-order valence-electron chi connectivity index (χ1n) is 10.1. The van der Waals surface area contributed by atoms with Crippen LogP contribution in [0, 0.1) is 17.4 Å². The number of carbonyl (C=O) groups excluding carboxylic acids is 3. The van der Waals surface area contributed by atoms with Crippen LogP contribution in [0.15, 0.2) is 24.3 Å². The molecule has 1 aliphatic rings. The van der Waals surface area contributed by atoms with Gasteiger partial charge in [-0.05, 0) is 38.5 Å². The van der Waals surface area contributed by atoms with E-state index in [0.29, 0.717) is 5.56 Å². The molecule has 1 aromatic carbocycles. The molecule has 2 rings (SSSR count). The Kier molecular flexibility index (Phi) is 6.91. The molecule has 0 bridgehead atoms. The SMILES string of the molecule is CC(C)(C)OC(=O)Oc1cccc([C@H](C#C[Si](C)(C)C)C2C(=O)OC(C)(C)OC2=O)c1. The summed E-state index contributed by atoms with van der Waals surface area (Å²) in [6, 6.07) is 6.51. The van der Waals surface area contributed by atoms with Crippen molar-refractivity contribution in [2.45, 2.75) is 71.6 Å². The van der Waals surface area contributed by atoms with Crippen molar-refractivity contribution < 1.29 is 33.3 Å². The summed E-state index contributed by atoms with van der Waals surface area (Å²) >= 11 is 0. The van der Waals surface area contributed by atoms with Gasteiger partial charge in [0.2, 0.25) is 0 Å². The highest BCUT2D eigenvalue weighted by atomic mass is 28.3. The van der Waals surface area contributed by atoms with Crippen LogP contribution in [0.25, 0.3) is 0 Å². The van der Waals surface area contributed by atoms with Crippen molar-refractivity contribution >= 4 is 26.2 Å². The number of cyclic esters (lactones) is 2. The van der Waals surface area contributed by atoms with Gasteiger partial charge in [-0.3, -0.25) is 9.59 Å². The lowest BCUT2D eigenvalue weighted by atomic mass is 9.86. The number of hydrogen-bond donors (Lipinski definition) is 0. The van der Waals surface area contributed by atoms with E-state index < -0.39 is 49.4 Å². The molecular weight excluding hydrogens is 416 g/mol. The van der Waals surface area contributed by atoms with Gasteiger partial charge in [-0.1, -0.05) is 31.8 Å². The minimum absolute atomic E-state index is 0.212. The predicted molar refractivity (Wildman–Crippen MR) is 117 cm³/mol. The van der Waals surface area contributed by atoms with E-state index in [1.165, 1.54) is 13.8 Å². The molecule has 0 spiro atoms. The molecule has 0 unspecified atom stereocenters. The Balaban J connectivity index is 2.41. The zero-order chi connectivity index (χ0) is 23.6. The van der Waals surface area contributed by atoms with Crippen LogP contribution < -0.4 is 4.74 Å². The maximum atomic E-state index is 12.7. The molecule has 168 valence electrons. The average Bonchev–Trinajstić information content (AvgIpc) is 2.53. The first kappa shape index (κ1) is 24.5. The fourth-order valence-electron chi connectivity index (χ4n) is 2.79. The molecule has 0 N–H and O–H groups in total. The Morgan fingerprint density at radius 3 is 2.23 bits per heavy atom. The third-order valence-corrected chi connectivity index (χ3v) is 4.84. The first-order chi connectivity index (χ1) is 14.1. The lowest BCUT2D eigenvalue weighted by Gasteiger charge is -2.34. The number of hydrogen-bond acceptors (Lipinski definition) is 7. The molecule has 1 saturated heterocycles. The normalized spacial score (nSPS) is 17.5. The summed E-state index contributed by atoms with van der Waals surface area (Å²) in [6.45, 7) is 14.4. The monoisotopic (exact) mass is 446 g/mol. The van der Waals surface area contributed by atoms with Gasteiger partial charge in [0.25, 0.3) is 5.79 Å². The number of ether oxygens (including phenoxy) is 4. The van der Waals surface area contributed by atoms with Crippen LogP contribution in [-0.4, -0.2) is 37.6 Å². The van der Waals surface area contributed by atoms with E-state index >= 15 is 0 Å². The summed E-state index contributed by atoms with van der Waals surface area (Å²) in [5.74, 6) is -1.48. The Morgan fingerprint density at radius 2 is 1.71 bits per heavy atom. The molecule has 7 nitrogen and oxygen atoms in total. The molecule has 0 aromatic heterocycles. The van der Waals surface area contributed by atoms with Crippen LogP contribution >= 0.6 is 0 Å². The Labute approximate surface area is 184 Å². The summed E-state index contributed by atoms with van der Waals surface area (Å²) in [6.07, 6.45) is -0.854. The molecule has 0 amide bonds. The van der Waals surface area contributed by atoms with E-state index in [1.54, 1.807) is 45.0 Å². The van der Waals surface area contributed by atoms with Gasteiger partial charge in [-0.2, -0.15) is 0 Å². The summed E-state index contributed by atoms with van der Waals surface area (Å²) < 4.78 is 21.0. The zero-order valence-corrected chi connectivity index (χ0v) is 20.3. The summed E-state index contributed by atoms with van der Waals surface area (Å²) in [5, 5.41) is 0. The number of rotatable bonds is 3. The molecule has 0 saturated carbocycles. The molecule has 1 fully saturated rings. The van der Waals surface area contributed by atoms with E-state index in [9.17, 15) is 14.4 Å². The Morgan fingerprint density at radius 1 is 1.13 bits per heavy atom. The van der Waals surface area contributed by atoms with Crippen LogP contribution in [0.5, 0.6) is 5.75 Å². The third kappa shape index (κ3) is 7.44. The molecule has 31 heavy (non-hydrogen) atoms. The minimum atomic E-state index is -1.83. The van der Waals surface area contributed by atoms with Crippen molar-refractivity contribution in [1.29, 1.82) is 0 Å². The molecule has 1 heterocycles. The Bertz CT molecular complexity index is 906. The topological polar surface area (TPSA) is 88.1 Å². The summed E-state index contributed by atoms with van der Waals surface area (Å²) in [4.78, 5) is 37.4. The highest BCUT2D eigenvalue weighted by molar-refractivity contribution is 6.83. The van der Waals surface area contributed by atoms with E-state index in [4.69, 9.17) is 18.9 Å². The number of benzene rings is 1. The van der Waals surface area contributed by atoms with Gasteiger partial charge in [-0.25, -0.2) is 4.79 Å². The zero-order valence-electron chi connectivity index (χ0n) is 19.3. The fraction of sp³-hybridized carbons (Fsp3) is 0.522. The smallest absolute Gasteiger partial charge is 0.428 e. The van der Waals surface area contributed by atoms with Gasteiger partial charge in [0, 0.05) is 13.8 Å². The van der Waals surface area contributed by atoms with Gasteiger partial charge < -0.3 is 18.9 Å². The van der Waals surface area contributed by atoms with Crippen molar-refractivity contribution in [3.8, 4) is 17.2 Å². The largest absolute Gasteiger partial charge is 0.514 e. The molecule has 1 aromatic rings. The standard InChI is InChI=1S/C23H30O7Si/c1-22(2,3)30-21(26)27-16-11-9-10-15(14-16)17(12-13-31(6,7)8)18-19(24)28-23(4,5)29-20(18)25/h9-11,14,17-18H,1-8H3/t17-/m0/s1. The van der Waals surface area contributed by atoms with Crippen LogP contribution in [0.4, 0.5) is 4.79 Å².